The van der Waals surface area contributed by atoms with Crippen LogP contribution >= 0.6 is 0 Å². The van der Waals surface area contributed by atoms with Gasteiger partial charge >= 0.3 is 0 Å². The third kappa shape index (κ3) is 3.75. The Morgan fingerprint density at radius 3 is 2.80 bits per heavy atom. The molecule has 0 aliphatic heterocycles. The molecule has 3 N–H and O–H groups in total. The number of hydrogen-bond donors (Lipinski definition) is 2. The highest BCUT2D eigenvalue weighted by molar-refractivity contribution is 5.53. The molecular formula is C11H19N3O. The van der Waals surface area contributed by atoms with E-state index in [1.807, 2.05) is 6.07 Å². The van der Waals surface area contributed by atoms with Crippen molar-refractivity contribution in [2.75, 3.05) is 30.3 Å². The van der Waals surface area contributed by atoms with Gasteiger partial charge < -0.3 is 15.7 Å². The topological polar surface area (TPSA) is 62.4 Å². The maximum Gasteiger partial charge on any atom is 0.0606 e. The fraction of sp³-hybridized carbons (Fsp3) is 0.545. The third-order valence-electron chi connectivity index (χ3n) is 2.26. The van der Waals surface area contributed by atoms with E-state index in [2.05, 4.69) is 16.8 Å². The Hall–Kier alpha value is -1.29. The van der Waals surface area contributed by atoms with Crippen LogP contribution in [0.25, 0.3) is 0 Å². The summed E-state index contributed by atoms with van der Waals surface area (Å²) in [6.45, 7) is 3.86. The molecule has 4 heteroatoms. The van der Waals surface area contributed by atoms with E-state index in [0.717, 1.165) is 25.1 Å². The average molecular weight is 209 g/mol. The fourth-order valence-electron chi connectivity index (χ4n) is 1.46. The standard InChI is InChI=1S/C11H19N3O/c1-2-3-4-14(5-6-15)11-7-10(12)8-13-9-11/h7-9,15H,2-6,12H2,1H3. The molecule has 0 aliphatic carbocycles. The molecule has 15 heavy (non-hydrogen) atoms. The summed E-state index contributed by atoms with van der Waals surface area (Å²) in [7, 11) is 0. The van der Waals surface area contributed by atoms with Crippen molar-refractivity contribution >= 4 is 11.4 Å². The van der Waals surface area contributed by atoms with Crippen LogP contribution in [0.2, 0.25) is 0 Å². The lowest BCUT2D eigenvalue weighted by molar-refractivity contribution is 0.301. The number of hydrogen-bond acceptors (Lipinski definition) is 4. The summed E-state index contributed by atoms with van der Waals surface area (Å²) in [6.07, 6.45) is 5.65. The van der Waals surface area contributed by atoms with Crippen LogP contribution in [0.3, 0.4) is 0 Å². The number of nitrogens with two attached hydrogens (primary N) is 1. The second-order valence-electron chi connectivity index (χ2n) is 3.54. The summed E-state index contributed by atoms with van der Waals surface area (Å²) in [5.74, 6) is 0. The van der Waals surface area contributed by atoms with Crippen LogP contribution in [0.15, 0.2) is 18.5 Å². The van der Waals surface area contributed by atoms with Crippen LogP contribution < -0.4 is 10.6 Å². The quantitative estimate of drug-likeness (QED) is 0.740. The van der Waals surface area contributed by atoms with E-state index in [1.165, 1.54) is 0 Å². The Morgan fingerprint density at radius 1 is 1.40 bits per heavy atom. The summed E-state index contributed by atoms with van der Waals surface area (Å²) in [5.41, 5.74) is 7.31. The summed E-state index contributed by atoms with van der Waals surface area (Å²) in [6, 6.07) is 1.89. The van der Waals surface area contributed by atoms with Gasteiger partial charge in [0.15, 0.2) is 0 Å². The van der Waals surface area contributed by atoms with Gasteiger partial charge in [-0.2, -0.15) is 0 Å². The molecule has 0 aliphatic rings. The van der Waals surface area contributed by atoms with Crippen LogP contribution in [-0.4, -0.2) is 29.8 Å². The molecule has 0 saturated carbocycles. The molecule has 1 aromatic heterocycles. The van der Waals surface area contributed by atoms with Crippen molar-refractivity contribution in [2.24, 2.45) is 0 Å². The van der Waals surface area contributed by atoms with Crippen molar-refractivity contribution in [3.8, 4) is 0 Å². The van der Waals surface area contributed by atoms with E-state index < -0.39 is 0 Å². The minimum atomic E-state index is 0.151. The van der Waals surface area contributed by atoms with E-state index in [1.54, 1.807) is 12.4 Å². The fourth-order valence-corrected chi connectivity index (χ4v) is 1.46. The molecule has 84 valence electrons. The number of unbranched alkanes of at least 4 members (excludes halogenated alkanes) is 1. The second-order valence-corrected chi connectivity index (χ2v) is 3.54. The van der Waals surface area contributed by atoms with E-state index >= 15 is 0 Å². The predicted molar refractivity (Wildman–Crippen MR) is 62.9 cm³/mol. The van der Waals surface area contributed by atoms with Gasteiger partial charge in [-0.15, -0.1) is 0 Å². The molecule has 1 aromatic rings. The smallest absolute Gasteiger partial charge is 0.0606 e. The van der Waals surface area contributed by atoms with Crippen LogP contribution in [0.4, 0.5) is 11.4 Å². The summed E-state index contributed by atoms with van der Waals surface area (Å²) in [4.78, 5) is 6.15. The number of nitrogen functional groups attached to an aromatic ring is 1. The van der Waals surface area contributed by atoms with Crippen LogP contribution in [0, 0.1) is 0 Å². The van der Waals surface area contributed by atoms with Crippen molar-refractivity contribution < 1.29 is 5.11 Å². The van der Waals surface area contributed by atoms with Gasteiger partial charge in [-0.3, -0.25) is 4.98 Å². The number of aliphatic hydroxyl groups excluding tert-OH is 1. The molecule has 4 nitrogen and oxygen atoms in total. The number of aromatic nitrogens is 1. The van der Waals surface area contributed by atoms with Crippen LogP contribution in [-0.2, 0) is 0 Å². The molecular weight excluding hydrogens is 190 g/mol. The van der Waals surface area contributed by atoms with E-state index in [0.29, 0.717) is 12.2 Å². The highest BCUT2D eigenvalue weighted by Gasteiger charge is 2.05. The van der Waals surface area contributed by atoms with Crippen molar-refractivity contribution in [3.05, 3.63) is 18.5 Å². The van der Waals surface area contributed by atoms with Crippen molar-refractivity contribution in [1.29, 1.82) is 0 Å². The second kappa shape index (κ2) is 6.24. The van der Waals surface area contributed by atoms with Gasteiger partial charge in [-0.25, -0.2) is 0 Å². The Morgan fingerprint density at radius 2 is 2.20 bits per heavy atom. The minimum absolute atomic E-state index is 0.151. The van der Waals surface area contributed by atoms with Crippen LogP contribution in [0.5, 0.6) is 0 Å². The number of aliphatic hydroxyl groups is 1. The van der Waals surface area contributed by atoms with Crippen molar-refractivity contribution in [2.45, 2.75) is 19.8 Å². The van der Waals surface area contributed by atoms with Gasteiger partial charge in [0, 0.05) is 19.3 Å². The molecule has 0 fully saturated rings. The predicted octanol–water partition coefficient (Wildman–Crippen LogP) is 1.26. The molecule has 0 saturated heterocycles. The third-order valence-corrected chi connectivity index (χ3v) is 2.26. The normalized spacial score (nSPS) is 10.3. The Kier molecular flexibility index (Phi) is 4.90. The minimum Gasteiger partial charge on any atom is -0.397 e. The maximum atomic E-state index is 8.97. The largest absolute Gasteiger partial charge is 0.397 e. The van der Waals surface area contributed by atoms with Gasteiger partial charge in [0.25, 0.3) is 0 Å². The van der Waals surface area contributed by atoms with Crippen molar-refractivity contribution in [3.63, 3.8) is 0 Å². The number of nitrogens with zero attached hydrogens (tertiary/aromatic N) is 2. The van der Waals surface area contributed by atoms with E-state index in [-0.39, 0.29) is 6.61 Å². The van der Waals surface area contributed by atoms with Crippen LogP contribution in [0.1, 0.15) is 19.8 Å². The molecule has 0 bridgehead atoms. The molecule has 0 spiro atoms. The Labute approximate surface area is 90.7 Å². The molecule has 0 radical (unpaired) electrons. The molecule has 0 unspecified atom stereocenters. The Balaban J connectivity index is 2.69. The lowest BCUT2D eigenvalue weighted by Crippen LogP contribution is -2.27. The molecule has 0 atom stereocenters. The molecule has 1 heterocycles. The first-order valence-corrected chi connectivity index (χ1v) is 5.34. The lowest BCUT2D eigenvalue weighted by Gasteiger charge is -2.23. The number of anilines is 2. The van der Waals surface area contributed by atoms with Gasteiger partial charge in [0.2, 0.25) is 0 Å². The first-order valence-electron chi connectivity index (χ1n) is 5.34. The number of pyridine rings is 1. The first kappa shape index (κ1) is 11.8. The monoisotopic (exact) mass is 209 g/mol. The van der Waals surface area contributed by atoms with Gasteiger partial charge in [0.05, 0.1) is 24.2 Å². The summed E-state index contributed by atoms with van der Waals surface area (Å²) in [5, 5.41) is 8.97. The lowest BCUT2D eigenvalue weighted by atomic mass is 10.2. The molecule has 0 aromatic carbocycles. The first-order chi connectivity index (χ1) is 7.27. The zero-order valence-corrected chi connectivity index (χ0v) is 9.19. The molecule has 1 rings (SSSR count). The SMILES string of the molecule is CCCCN(CCO)c1cncc(N)c1. The highest BCUT2D eigenvalue weighted by atomic mass is 16.3. The average Bonchev–Trinajstić information content (AvgIpc) is 2.24. The van der Waals surface area contributed by atoms with Gasteiger partial charge in [-0.05, 0) is 12.5 Å². The molecule has 0 amide bonds. The zero-order chi connectivity index (χ0) is 11.1. The highest BCUT2D eigenvalue weighted by Crippen LogP contribution is 2.15. The Bertz CT molecular complexity index is 291. The van der Waals surface area contributed by atoms with Gasteiger partial charge in [-0.1, -0.05) is 13.3 Å². The maximum absolute atomic E-state index is 8.97. The van der Waals surface area contributed by atoms with Gasteiger partial charge in [0.1, 0.15) is 0 Å². The van der Waals surface area contributed by atoms with E-state index in [4.69, 9.17) is 10.8 Å². The summed E-state index contributed by atoms with van der Waals surface area (Å²) < 4.78 is 0. The zero-order valence-electron chi connectivity index (χ0n) is 9.19. The number of rotatable bonds is 6. The summed E-state index contributed by atoms with van der Waals surface area (Å²) >= 11 is 0. The van der Waals surface area contributed by atoms with Crippen molar-refractivity contribution in [1.82, 2.24) is 4.98 Å². The van der Waals surface area contributed by atoms with E-state index in [9.17, 15) is 0 Å².